The van der Waals surface area contributed by atoms with Gasteiger partial charge in [-0.15, -0.1) is 0 Å². The minimum absolute atomic E-state index is 0.000648. The predicted molar refractivity (Wildman–Crippen MR) is 63.5 cm³/mol. The van der Waals surface area contributed by atoms with Crippen LogP contribution in [0.3, 0.4) is 0 Å². The summed E-state index contributed by atoms with van der Waals surface area (Å²) in [4.78, 5) is 12.2. The van der Waals surface area contributed by atoms with Gasteiger partial charge in [0.25, 0.3) is 0 Å². The van der Waals surface area contributed by atoms with Gasteiger partial charge in [-0.05, 0) is 24.5 Å². The van der Waals surface area contributed by atoms with Gasteiger partial charge in [0, 0.05) is 12.5 Å². The van der Waals surface area contributed by atoms with Gasteiger partial charge in [-0.1, -0.05) is 24.3 Å². The molecule has 0 aliphatic carbocycles. The number of benzene rings is 1. The highest BCUT2D eigenvalue weighted by molar-refractivity contribution is 5.91. The van der Waals surface area contributed by atoms with Gasteiger partial charge >= 0.3 is 0 Å². The van der Waals surface area contributed by atoms with Crippen molar-refractivity contribution in [3.05, 3.63) is 35.4 Å². The second kappa shape index (κ2) is 5.11. The van der Waals surface area contributed by atoms with Gasteiger partial charge in [0.2, 0.25) is 0 Å². The van der Waals surface area contributed by atoms with Crippen molar-refractivity contribution in [3.8, 4) is 6.07 Å². The molecule has 0 bridgehead atoms. The first-order valence-corrected chi connectivity index (χ1v) is 5.80. The van der Waals surface area contributed by atoms with Crippen LogP contribution in [0.2, 0.25) is 0 Å². The lowest BCUT2D eigenvalue weighted by atomic mass is 9.86. The minimum Gasteiger partial charge on any atom is -0.381 e. The predicted octanol–water partition coefficient (Wildman–Crippen LogP) is 2.21. The van der Waals surface area contributed by atoms with Crippen molar-refractivity contribution in [2.24, 2.45) is 5.92 Å². The molecule has 1 fully saturated rings. The molecule has 0 saturated carbocycles. The number of nitriles is 1. The van der Waals surface area contributed by atoms with Gasteiger partial charge in [-0.2, -0.15) is 5.26 Å². The molecular formula is C14H15NO2. The van der Waals surface area contributed by atoms with Crippen LogP contribution >= 0.6 is 0 Å². The monoisotopic (exact) mass is 229 g/mol. The van der Waals surface area contributed by atoms with Crippen LogP contribution < -0.4 is 0 Å². The van der Waals surface area contributed by atoms with Crippen molar-refractivity contribution in [1.29, 1.82) is 5.26 Å². The van der Waals surface area contributed by atoms with E-state index in [4.69, 9.17) is 4.74 Å². The lowest BCUT2D eigenvalue weighted by Gasteiger charge is -2.14. The summed E-state index contributed by atoms with van der Waals surface area (Å²) in [5, 5.41) is 9.22. The van der Waals surface area contributed by atoms with Crippen molar-refractivity contribution >= 4 is 5.78 Å². The Morgan fingerprint density at radius 1 is 1.53 bits per heavy atom. The third kappa shape index (κ3) is 2.37. The third-order valence-corrected chi connectivity index (χ3v) is 3.25. The van der Waals surface area contributed by atoms with Gasteiger partial charge in [-0.3, -0.25) is 4.79 Å². The number of Topliss-reactive ketones (excluding diaryl/α,β-unsaturated/α-hetero) is 1. The van der Waals surface area contributed by atoms with E-state index in [1.165, 1.54) is 0 Å². The summed E-state index contributed by atoms with van der Waals surface area (Å²) in [5.41, 5.74) is 1.82. The Balaban J connectivity index is 2.25. The maximum absolute atomic E-state index is 12.2. The molecule has 0 radical (unpaired) electrons. The molecule has 1 saturated heterocycles. The van der Waals surface area contributed by atoms with Crippen molar-refractivity contribution in [1.82, 2.24) is 0 Å². The molecule has 0 amide bonds. The molecule has 1 aliphatic heterocycles. The molecule has 17 heavy (non-hydrogen) atoms. The largest absolute Gasteiger partial charge is 0.381 e. The minimum atomic E-state index is -0.650. The fraction of sp³-hybridized carbons (Fsp3) is 0.429. The van der Waals surface area contributed by atoms with E-state index in [9.17, 15) is 10.1 Å². The van der Waals surface area contributed by atoms with Crippen molar-refractivity contribution in [2.75, 3.05) is 13.2 Å². The second-order valence-corrected chi connectivity index (χ2v) is 4.38. The number of ketones is 1. The Morgan fingerprint density at radius 3 is 2.88 bits per heavy atom. The summed E-state index contributed by atoms with van der Waals surface area (Å²) in [6.07, 6.45) is 0.739. The molecule has 0 N–H and O–H groups in total. The number of aryl methyl sites for hydroxylation is 1. The second-order valence-electron chi connectivity index (χ2n) is 4.38. The summed E-state index contributed by atoms with van der Waals surface area (Å²) >= 11 is 0. The van der Waals surface area contributed by atoms with Crippen LogP contribution in [0.4, 0.5) is 0 Å². The average Bonchev–Trinajstić information content (AvgIpc) is 2.86. The van der Waals surface area contributed by atoms with E-state index in [1.807, 2.05) is 31.2 Å². The molecule has 1 heterocycles. The Hall–Kier alpha value is -1.66. The zero-order valence-electron chi connectivity index (χ0n) is 9.85. The standard InChI is InChI=1S/C14H15NO2/c1-10-4-2-3-5-12(10)13(8-15)14(16)11-6-7-17-9-11/h2-5,11,13H,6-7,9H2,1H3. The molecule has 1 aromatic rings. The van der Waals surface area contributed by atoms with Crippen LogP contribution in [0.5, 0.6) is 0 Å². The van der Waals surface area contributed by atoms with Gasteiger partial charge in [0.05, 0.1) is 12.7 Å². The first-order valence-electron chi connectivity index (χ1n) is 5.80. The summed E-state index contributed by atoms with van der Waals surface area (Å²) < 4.78 is 5.21. The van der Waals surface area contributed by atoms with E-state index in [0.29, 0.717) is 13.2 Å². The first-order chi connectivity index (χ1) is 8.24. The highest BCUT2D eigenvalue weighted by Crippen LogP contribution is 2.26. The molecule has 88 valence electrons. The Morgan fingerprint density at radius 2 is 2.29 bits per heavy atom. The summed E-state index contributed by atoms with van der Waals surface area (Å²) in [6.45, 7) is 3.02. The lowest BCUT2D eigenvalue weighted by molar-refractivity contribution is -0.123. The Labute approximate surface area is 101 Å². The molecule has 2 rings (SSSR count). The van der Waals surface area contributed by atoms with Crippen molar-refractivity contribution in [2.45, 2.75) is 19.3 Å². The van der Waals surface area contributed by atoms with Crippen LogP contribution in [-0.2, 0) is 9.53 Å². The molecule has 1 aromatic carbocycles. The van der Waals surface area contributed by atoms with Crippen molar-refractivity contribution in [3.63, 3.8) is 0 Å². The van der Waals surface area contributed by atoms with E-state index in [-0.39, 0.29) is 11.7 Å². The van der Waals surface area contributed by atoms with Crippen molar-refractivity contribution < 1.29 is 9.53 Å². The zero-order valence-corrected chi connectivity index (χ0v) is 9.85. The number of rotatable bonds is 3. The number of carbonyl (C=O) groups excluding carboxylic acids is 1. The fourth-order valence-electron chi connectivity index (χ4n) is 2.19. The van der Waals surface area contributed by atoms with Crippen LogP contribution in [0.15, 0.2) is 24.3 Å². The van der Waals surface area contributed by atoms with E-state index in [2.05, 4.69) is 6.07 Å². The molecule has 3 nitrogen and oxygen atoms in total. The highest BCUT2D eigenvalue weighted by atomic mass is 16.5. The van der Waals surface area contributed by atoms with Gasteiger partial charge < -0.3 is 4.74 Å². The van der Waals surface area contributed by atoms with Crippen LogP contribution in [-0.4, -0.2) is 19.0 Å². The van der Waals surface area contributed by atoms with E-state index < -0.39 is 5.92 Å². The average molecular weight is 229 g/mol. The molecule has 0 aromatic heterocycles. The zero-order chi connectivity index (χ0) is 12.3. The van der Waals surface area contributed by atoms with E-state index in [0.717, 1.165) is 17.5 Å². The maximum Gasteiger partial charge on any atom is 0.159 e. The van der Waals surface area contributed by atoms with Gasteiger partial charge in [0.1, 0.15) is 5.92 Å². The molecule has 2 atom stereocenters. The van der Waals surface area contributed by atoms with Crippen LogP contribution in [0, 0.1) is 24.2 Å². The summed E-state index contributed by atoms with van der Waals surface area (Å²) in [5.74, 6) is -0.763. The molecule has 1 aliphatic rings. The number of hydrogen-bond donors (Lipinski definition) is 0. The first kappa shape index (κ1) is 11.8. The Bertz CT molecular complexity index is 456. The smallest absolute Gasteiger partial charge is 0.159 e. The number of ether oxygens (including phenoxy) is 1. The van der Waals surface area contributed by atoms with Gasteiger partial charge in [-0.25, -0.2) is 0 Å². The quantitative estimate of drug-likeness (QED) is 0.798. The van der Waals surface area contributed by atoms with E-state index >= 15 is 0 Å². The molecule has 2 unspecified atom stereocenters. The van der Waals surface area contributed by atoms with Crippen LogP contribution in [0.25, 0.3) is 0 Å². The molecule has 3 heteroatoms. The topological polar surface area (TPSA) is 50.1 Å². The van der Waals surface area contributed by atoms with Gasteiger partial charge in [0.15, 0.2) is 5.78 Å². The Kier molecular flexibility index (Phi) is 3.55. The summed E-state index contributed by atoms with van der Waals surface area (Å²) in [7, 11) is 0. The summed E-state index contributed by atoms with van der Waals surface area (Å²) in [6, 6.07) is 9.70. The lowest BCUT2D eigenvalue weighted by Crippen LogP contribution is -2.22. The number of carbonyl (C=O) groups is 1. The van der Waals surface area contributed by atoms with Crippen LogP contribution in [0.1, 0.15) is 23.5 Å². The highest BCUT2D eigenvalue weighted by Gasteiger charge is 2.31. The SMILES string of the molecule is Cc1ccccc1C(C#N)C(=O)C1CCOC1. The third-order valence-electron chi connectivity index (χ3n) is 3.25. The maximum atomic E-state index is 12.2. The molecule has 0 spiro atoms. The molecular weight excluding hydrogens is 214 g/mol. The van der Waals surface area contributed by atoms with E-state index in [1.54, 1.807) is 0 Å². The number of nitrogens with zero attached hydrogens (tertiary/aromatic N) is 1. The fourth-order valence-corrected chi connectivity index (χ4v) is 2.19. The number of hydrogen-bond acceptors (Lipinski definition) is 3. The normalized spacial score (nSPS) is 20.8.